The van der Waals surface area contributed by atoms with Crippen molar-refractivity contribution < 1.29 is 18.3 Å². The van der Waals surface area contributed by atoms with Crippen LogP contribution in [0.2, 0.25) is 0 Å². The number of carboxylic acid groups (broad SMARTS) is 1. The predicted molar refractivity (Wildman–Crippen MR) is 81.5 cm³/mol. The van der Waals surface area contributed by atoms with Crippen molar-refractivity contribution in [3.05, 3.63) is 28.8 Å². The summed E-state index contributed by atoms with van der Waals surface area (Å²) in [5.41, 5.74) is 1.41. The summed E-state index contributed by atoms with van der Waals surface area (Å²) in [5, 5.41) is 8.76. The molecule has 4 nitrogen and oxygen atoms in total. The third kappa shape index (κ3) is 3.12. The Bertz CT molecular complexity index is 653. The lowest BCUT2D eigenvalue weighted by atomic mass is 9.91. The Morgan fingerprint density at radius 1 is 1.14 bits per heavy atom. The van der Waals surface area contributed by atoms with Gasteiger partial charge in [0.05, 0.1) is 15.7 Å². The fraction of sp³-hybridized carbons (Fsp3) is 0.562. The first-order valence-corrected chi connectivity index (χ1v) is 8.86. The van der Waals surface area contributed by atoms with E-state index in [0.29, 0.717) is 29.9 Å². The highest BCUT2D eigenvalue weighted by atomic mass is 32.2. The highest BCUT2D eigenvalue weighted by molar-refractivity contribution is 7.92. The molecular weight excluding hydrogens is 288 g/mol. The Morgan fingerprint density at radius 2 is 1.71 bits per heavy atom. The summed E-state index contributed by atoms with van der Waals surface area (Å²) < 4.78 is 25.7. The summed E-state index contributed by atoms with van der Waals surface area (Å²) in [4.78, 5) is 11.4. The zero-order chi connectivity index (χ0) is 15.8. The Labute approximate surface area is 126 Å². The van der Waals surface area contributed by atoms with Crippen molar-refractivity contribution in [3.8, 4) is 0 Å². The van der Waals surface area contributed by atoms with Gasteiger partial charge < -0.3 is 5.11 Å². The zero-order valence-electron chi connectivity index (χ0n) is 12.7. The first-order valence-electron chi connectivity index (χ1n) is 7.32. The maximum absolute atomic E-state index is 12.8. The molecule has 1 aromatic carbocycles. The molecular formula is C16H22O4S. The summed E-state index contributed by atoms with van der Waals surface area (Å²) in [6.45, 7) is 5.65. The molecule has 1 aliphatic rings. The van der Waals surface area contributed by atoms with Gasteiger partial charge in [-0.3, -0.25) is 0 Å². The Balaban J connectivity index is 2.47. The first kappa shape index (κ1) is 16.0. The molecule has 0 spiro atoms. The number of sulfone groups is 1. The van der Waals surface area contributed by atoms with E-state index in [1.165, 1.54) is 12.1 Å². The van der Waals surface area contributed by atoms with Gasteiger partial charge in [0.2, 0.25) is 0 Å². The number of hydrogen-bond acceptors (Lipinski definition) is 3. The molecule has 2 rings (SSSR count). The Kier molecular flexibility index (Phi) is 4.42. The predicted octanol–water partition coefficient (Wildman–Crippen LogP) is 3.35. The van der Waals surface area contributed by atoms with Crippen molar-refractivity contribution in [1.29, 1.82) is 0 Å². The average molecular weight is 310 g/mol. The SMILES string of the molecule is Cc1cc(C(=O)O)cc(S(=O)(=O)C2CCC(C)CC2)c1C. The van der Waals surface area contributed by atoms with Gasteiger partial charge in [-0.15, -0.1) is 0 Å². The van der Waals surface area contributed by atoms with Crippen molar-refractivity contribution >= 4 is 15.8 Å². The van der Waals surface area contributed by atoms with Crippen molar-refractivity contribution in [2.24, 2.45) is 5.92 Å². The van der Waals surface area contributed by atoms with E-state index < -0.39 is 15.8 Å². The molecule has 0 aliphatic heterocycles. The van der Waals surface area contributed by atoms with Crippen LogP contribution in [0.5, 0.6) is 0 Å². The summed E-state index contributed by atoms with van der Waals surface area (Å²) in [5.74, 6) is -0.517. The van der Waals surface area contributed by atoms with Gasteiger partial charge in [-0.2, -0.15) is 0 Å². The highest BCUT2D eigenvalue weighted by Gasteiger charge is 2.32. The van der Waals surface area contributed by atoms with Gasteiger partial charge in [-0.25, -0.2) is 13.2 Å². The standard InChI is InChI=1S/C16H22O4S/c1-10-4-6-14(7-5-10)21(19,20)15-9-13(16(17)18)8-11(2)12(15)3/h8-10,14H,4-7H2,1-3H3,(H,17,18). The third-order valence-corrected chi connectivity index (χ3v) is 6.96. The fourth-order valence-electron chi connectivity index (χ4n) is 2.97. The number of carboxylic acids is 1. The van der Waals surface area contributed by atoms with Crippen LogP contribution in [-0.4, -0.2) is 24.7 Å². The molecule has 1 aromatic rings. The second-order valence-electron chi connectivity index (χ2n) is 6.15. The number of aryl methyl sites for hydroxylation is 1. The van der Waals surface area contributed by atoms with Crippen LogP contribution in [0.3, 0.4) is 0 Å². The molecule has 0 saturated heterocycles. The number of rotatable bonds is 3. The van der Waals surface area contributed by atoms with Gasteiger partial charge in [0.25, 0.3) is 0 Å². The zero-order valence-corrected chi connectivity index (χ0v) is 13.5. The molecule has 0 unspecified atom stereocenters. The van der Waals surface area contributed by atoms with E-state index in [1.54, 1.807) is 13.8 Å². The summed E-state index contributed by atoms with van der Waals surface area (Å²) >= 11 is 0. The number of aromatic carboxylic acids is 1. The van der Waals surface area contributed by atoms with Crippen LogP contribution in [-0.2, 0) is 9.84 Å². The van der Waals surface area contributed by atoms with E-state index in [-0.39, 0.29) is 15.7 Å². The van der Waals surface area contributed by atoms with Crippen molar-refractivity contribution in [1.82, 2.24) is 0 Å². The van der Waals surface area contributed by atoms with E-state index in [1.807, 2.05) is 0 Å². The maximum Gasteiger partial charge on any atom is 0.335 e. The molecule has 0 heterocycles. The van der Waals surface area contributed by atoms with Crippen molar-refractivity contribution in [2.45, 2.75) is 56.6 Å². The molecule has 0 aromatic heterocycles. The van der Waals surface area contributed by atoms with E-state index in [0.717, 1.165) is 12.8 Å². The summed E-state index contributed by atoms with van der Waals surface area (Å²) in [7, 11) is -3.46. The molecule has 0 radical (unpaired) electrons. The first-order chi connectivity index (χ1) is 9.73. The molecule has 0 atom stereocenters. The molecule has 21 heavy (non-hydrogen) atoms. The van der Waals surface area contributed by atoms with Crippen LogP contribution in [0.4, 0.5) is 0 Å². The van der Waals surface area contributed by atoms with Gasteiger partial charge >= 0.3 is 5.97 Å². The quantitative estimate of drug-likeness (QED) is 0.929. The number of hydrogen-bond donors (Lipinski definition) is 1. The average Bonchev–Trinajstić information content (AvgIpc) is 2.41. The Morgan fingerprint density at radius 3 is 2.24 bits per heavy atom. The van der Waals surface area contributed by atoms with E-state index in [4.69, 9.17) is 5.11 Å². The molecule has 1 aliphatic carbocycles. The van der Waals surface area contributed by atoms with Crippen molar-refractivity contribution in [3.63, 3.8) is 0 Å². The maximum atomic E-state index is 12.8. The number of benzene rings is 1. The normalized spacial score (nSPS) is 23.0. The molecule has 5 heteroatoms. The van der Waals surface area contributed by atoms with Gasteiger partial charge in [-0.05, 0) is 68.7 Å². The monoisotopic (exact) mass is 310 g/mol. The largest absolute Gasteiger partial charge is 0.478 e. The lowest BCUT2D eigenvalue weighted by Crippen LogP contribution is -2.27. The van der Waals surface area contributed by atoms with Gasteiger partial charge in [0, 0.05) is 0 Å². The van der Waals surface area contributed by atoms with Gasteiger partial charge in [0.15, 0.2) is 9.84 Å². The van der Waals surface area contributed by atoms with Crippen molar-refractivity contribution in [2.75, 3.05) is 0 Å². The van der Waals surface area contributed by atoms with E-state index in [9.17, 15) is 13.2 Å². The van der Waals surface area contributed by atoms with Crippen LogP contribution < -0.4 is 0 Å². The lowest BCUT2D eigenvalue weighted by molar-refractivity contribution is 0.0696. The molecule has 1 N–H and O–H groups in total. The topological polar surface area (TPSA) is 71.4 Å². The molecule has 1 saturated carbocycles. The summed E-state index contributed by atoms with van der Waals surface area (Å²) in [6, 6.07) is 2.84. The van der Waals surface area contributed by atoms with Crippen LogP contribution in [0.1, 0.15) is 54.1 Å². The fourth-order valence-corrected chi connectivity index (χ4v) is 5.10. The minimum absolute atomic E-state index is 0.0425. The highest BCUT2D eigenvalue weighted by Crippen LogP contribution is 2.33. The van der Waals surface area contributed by atoms with Crippen LogP contribution >= 0.6 is 0 Å². The van der Waals surface area contributed by atoms with Crippen LogP contribution in [0.15, 0.2) is 17.0 Å². The van der Waals surface area contributed by atoms with E-state index in [2.05, 4.69) is 6.92 Å². The second-order valence-corrected chi connectivity index (χ2v) is 8.34. The van der Waals surface area contributed by atoms with E-state index >= 15 is 0 Å². The summed E-state index contributed by atoms with van der Waals surface area (Å²) in [6.07, 6.45) is 3.17. The van der Waals surface area contributed by atoms with Crippen LogP contribution in [0.25, 0.3) is 0 Å². The Hall–Kier alpha value is -1.36. The smallest absolute Gasteiger partial charge is 0.335 e. The minimum atomic E-state index is -3.46. The lowest BCUT2D eigenvalue weighted by Gasteiger charge is -2.27. The number of carbonyl (C=O) groups is 1. The van der Waals surface area contributed by atoms with Gasteiger partial charge in [-0.1, -0.05) is 6.92 Å². The van der Waals surface area contributed by atoms with Gasteiger partial charge in [0.1, 0.15) is 0 Å². The molecule has 1 fully saturated rings. The second kappa shape index (κ2) is 5.79. The molecule has 116 valence electrons. The minimum Gasteiger partial charge on any atom is -0.478 e. The third-order valence-electron chi connectivity index (χ3n) is 4.57. The molecule has 0 amide bonds. The van der Waals surface area contributed by atoms with Crippen LogP contribution in [0, 0.1) is 19.8 Å². The molecule has 0 bridgehead atoms.